The molecule has 0 spiro atoms. The van der Waals surface area contributed by atoms with Gasteiger partial charge in [-0.25, -0.2) is 0 Å². The topological polar surface area (TPSA) is 215 Å². The molecular formula is C56H82Cl2N8O8. The Morgan fingerprint density at radius 2 is 0.932 bits per heavy atom. The van der Waals surface area contributed by atoms with Crippen LogP contribution in [0.25, 0.3) is 0 Å². The summed E-state index contributed by atoms with van der Waals surface area (Å²) < 4.78 is 0. The summed E-state index contributed by atoms with van der Waals surface area (Å²) in [6, 6.07) is 10.7. The highest BCUT2D eigenvalue weighted by atomic mass is 35.5. The summed E-state index contributed by atoms with van der Waals surface area (Å²) in [5, 5.41) is 18.1. The first-order chi connectivity index (χ1) is 34.0. The van der Waals surface area contributed by atoms with Gasteiger partial charge in [0, 0.05) is 25.9 Å². The Morgan fingerprint density at radius 3 is 1.27 bits per heavy atom. The van der Waals surface area contributed by atoms with E-state index in [1.54, 1.807) is 27.9 Å². The molecule has 2 aliphatic heterocycles. The van der Waals surface area contributed by atoms with Crippen molar-refractivity contribution >= 4 is 71.8 Å². The molecule has 0 radical (unpaired) electrons. The van der Waals surface area contributed by atoms with Crippen molar-refractivity contribution in [2.24, 2.45) is 22.7 Å². The van der Waals surface area contributed by atoms with Crippen LogP contribution in [0.5, 0.6) is 0 Å². The van der Waals surface area contributed by atoms with E-state index in [4.69, 9.17) is 0 Å². The number of carbonyl (C=O) groups excluding carboxylic acids is 8. The first-order valence-electron chi connectivity index (χ1n) is 26.1. The number of allylic oxidation sites excluding steroid dienone is 2. The molecule has 2 fully saturated rings. The van der Waals surface area contributed by atoms with Crippen molar-refractivity contribution in [1.29, 1.82) is 0 Å². The normalized spacial score (nSPS) is 23.1. The number of fused-ring (bicyclic) bond motifs is 2. The van der Waals surface area contributed by atoms with E-state index in [0.717, 1.165) is 49.7 Å². The molecular weight excluding hydrogens is 984 g/mol. The van der Waals surface area contributed by atoms with Crippen LogP contribution >= 0.6 is 24.8 Å². The summed E-state index contributed by atoms with van der Waals surface area (Å²) in [6.45, 7) is 14.7. The molecule has 10 atom stereocenters. The van der Waals surface area contributed by atoms with Gasteiger partial charge in [-0.1, -0.05) is 90.1 Å². The SMILES string of the molecule is CN[C@@H](C)C(=O)N[C@H](C(=O)N1C[C@@H](CC(=O)/C=C\C(=O)C[C@H]2C[C@@H](C(=O)N[C@@H]3CCCc4ccccc43)N(C(=O)[C@@H](NC(=O)[C@H](C)NC)C(C)(C)C)C2)C[C@H]1C(=O)N[C@@H]1CCCc2ccccc21)C(C)(C)C.Cl.Cl. The summed E-state index contributed by atoms with van der Waals surface area (Å²) >= 11 is 0. The number of aryl methyl sites for hydroxylation is 2. The van der Waals surface area contributed by atoms with Crippen molar-refractivity contribution < 1.29 is 38.4 Å². The zero-order valence-electron chi connectivity index (χ0n) is 45.0. The van der Waals surface area contributed by atoms with Crippen LogP contribution in [0.1, 0.15) is 141 Å². The number of hydrogen-bond acceptors (Lipinski definition) is 10. The van der Waals surface area contributed by atoms with E-state index < -0.39 is 70.7 Å². The number of halogens is 2. The summed E-state index contributed by atoms with van der Waals surface area (Å²) in [5.41, 5.74) is 3.01. The highest BCUT2D eigenvalue weighted by Crippen LogP contribution is 2.36. The fourth-order valence-electron chi connectivity index (χ4n) is 10.8. The monoisotopic (exact) mass is 1060 g/mol. The fraction of sp³-hybridized carbons (Fsp3) is 0.607. The number of nitrogens with one attached hydrogen (secondary N) is 6. The Balaban J connectivity index is 0.00000593. The molecule has 2 aliphatic carbocycles. The molecule has 0 saturated carbocycles. The molecule has 408 valence electrons. The Morgan fingerprint density at radius 1 is 0.581 bits per heavy atom. The van der Waals surface area contributed by atoms with Gasteiger partial charge >= 0.3 is 0 Å². The third-order valence-corrected chi connectivity index (χ3v) is 15.2. The summed E-state index contributed by atoms with van der Waals surface area (Å²) in [4.78, 5) is 115. The molecule has 4 aliphatic rings. The van der Waals surface area contributed by atoms with Crippen molar-refractivity contribution in [2.45, 2.75) is 168 Å². The largest absolute Gasteiger partial charge is 0.347 e. The Labute approximate surface area is 450 Å². The van der Waals surface area contributed by atoms with Gasteiger partial charge in [0.05, 0.1) is 24.2 Å². The predicted molar refractivity (Wildman–Crippen MR) is 290 cm³/mol. The number of amides is 6. The minimum absolute atomic E-state index is 0. The standard InChI is InChI=1S/C56H80N8O8.2ClH/c1-33(57-9)49(67)61-47(55(3,4)5)53(71)63-31-35(29-45(63)51(69)59-43-23-15-19-37-17-11-13-21-41(37)43)27-39(65)25-26-40(66)28-36-30-46(52(70)60-44-24-16-20-38-18-12-14-22-42(38)44)64(32-36)54(72)48(56(6,7)8)62-50(68)34(2)58-10;;/h11-14,17-18,21-22,25-26,33-36,43-48,57-58H,15-16,19-20,23-24,27-32H2,1-10H3,(H,59,69)(H,60,70)(H,61,67)(H,62,68);2*1H/b26-25-;;/t33-,34-,35-,36-,43+,44+,45-,46-,47+,48+;;/m0../s1. The van der Waals surface area contributed by atoms with E-state index in [1.807, 2.05) is 77.9 Å². The number of nitrogens with zero attached hydrogens (tertiary/aromatic N) is 2. The lowest BCUT2D eigenvalue weighted by molar-refractivity contribution is -0.144. The quantitative estimate of drug-likeness (QED) is 0.105. The third-order valence-electron chi connectivity index (χ3n) is 15.2. The zero-order valence-corrected chi connectivity index (χ0v) is 46.6. The van der Waals surface area contributed by atoms with Gasteiger partial charge in [-0.15, -0.1) is 24.8 Å². The van der Waals surface area contributed by atoms with E-state index in [9.17, 15) is 38.4 Å². The summed E-state index contributed by atoms with van der Waals surface area (Å²) in [5.74, 6) is -3.71. The van der Waals surface area contributed by atoms with Crippen LogP contribution in [0.2, 0.25) is 0 Å². The molecule has 2 heterocycles. The van der Waals surface area contributed by atoms with Gasteiger partial charge in [-0.3, -0.25) is 38.4 Å². The predicted octanol–water partition coefficient (Wildman–Crippen LogP) is 5.40. The van der Waals surface area contributed by atoms with Crippen LogP contribution in [0.3, 0.4) is 0 Å². The number of ketones is 2. The van der Waals surface area contributed by atoms with Crippen molar-refractivity contribution in [3.05, 3.63) is 82.9 Å². The van der Waals surface area contributed by atoms with Crippen LogP contribution in [0, 0.1) is 22.7 Å². The molecule has 6 amide bonds. The average molecular weight is 1070 g/mol. The number of likely N-dealkylation sites (N-methyl/N-ethyl adjacent to an activating group) is 2. The zero-order chi connectivity index (χ0) is 52.7. The molecule has 0 unspecified atom stereocenters. The maximum atomic E-state index is 14.6. The van der Waals surface area contributed by atoms with E-state index >= 15 is 0 Å². The van der Waals surface area contributed by atoms with Gasteiger partial charge in [-0.2, -0.15) is 0 Å². The molecule has 0 bridgehead atoms. The average Bonchev–Trinajstić information content (AvgIpc) is 3.97. The number of benzene rings is 2. The minimum Gasteiger partial charge on any atom is -0.347 e. The molecule has 2 aromatic carbocycles. The molecule has 74 heavy (non-hydrogen) atoms. The highest BCUT2D eigenvalue weighted by Gasteiger charge is 2.48. The van der Waals surface area contributed by atoms with Crippen LogP contribution in [0.15, 0.2) is 60.7 Å². The Bertz CT molecular complexity index is 2220. The second-order valence-electron chi connectivity index (χ2n) is 22.8. The van der Waals surface area contributed by atoms with Crippen LogP contribution < -0.4 is 31.9 Å². The molecule has 16 nitrogen and oxygen atoms in total. The van der Waals surface area contributed by atoms with Gasteiger partial charge in [0.15, 0.2) is 11.6 Å². The van der Waals surface area contributed by atoms with E-state index in [-0.39, 0.29) is 111 Å². The maximum Gasteiger partial charge on any atom is 0.246 e. The van der Waals surface area contributed by atoms with Gasteiger partial charge in [0.1, 0.15) is 24.2 Å². The molecule has 2 saturated heterocycles. The first kappa shape index (κ1) is 61.4. The lowest BCUT2D eigenvalue weighted by Crippen LogP contribution is -2.59. The number of rotatable bonds is 18. The smallest absolute Gasteiger partial charge is 0.246 e. The van der Waals surface area contributed by atoms with Crippen molar-refractivity contribution in [3.8, 4) is 0 Å². The van der Waals surface area contributed by atoms with Crippen molar-refractivity contribution in [2.75, 3.05) is 27.2 Å². The third kappa shape index (κ3) is 15.2. The van der Waals surface area contributed by atoms with Crippen LogP contribution in [-0.2, 0) is 51.2 Å². The Kier molecular flexibility index (Phi) is 22.0. The summed E-state index contributed by atoms with van der Waals surface area (Å²) in [6.07, 6.45) is 7.97. The Hall–Kier alpha value is -5.16. The maximum absolute atomic E-state index is 14.6. The van der Waals surface area contributed by atoms with Crippen molar-refractivity contribution in [1.82, 2.24) is 41.7 Å². The lowest BCUT2D eigenvalue weighted by Gasteiger charge is -2.36. The molecule has 6 rings (SSSR count). The van der Waals surface area contributed by atoms with Gasteiger partial charge in [0.25, 0.3) is 0 Å². The second-order valence-corrected chi connectivity index (χ2v) is 22.8. The van der Waals surface area contributed by atoms with Gasteiger partial charge in [0.2, 0.25) is 35.4 Å². The fourth-order valence-corrected chi connectivity index (χ4v) is 10.8. The molecule has 18 heteroatoms. The summed E-state index contributed by atoms with van der Waals surface area (Å²) in [7, 11) is 3.32. The second kappa shape index (κ2) is 26.6. The molecule has 2 aromatic rings. The number of hydrogen-bond donors (Lipinski definition) is 6. The van der Waals surface area contributed by atoms with E-state index in [1.165, 1.54) is 33.1 Å². The van der Waals surface area contributed by atoms with Crippen molar-refractivity contribution in [3.63, 3.8) is 0 Å². The first-order valence-corrected chi connectivity index (χ1v) is 26.1. The van der Waals surface area contributed by atoms with E-state index in [0.29, 0.717) is 0 Å². The molecule has 6 N–H and O–H groups in total. The number of carbonyl (C=O) groups is 8. The van der Waals surface area contributed by atoms with Gasteiger partial charge < -0.3 is 41.7 Å². The minimum atomic E-state index is -0.963. The van der Waals surface area contributed by atoms with E-state index in [2.05, 4.69) is 44.0 Å². The molecule has 0 aromatic heterocycles. The van der Waals surface area contributed by atoms with Gasteiger partial charge in [-0.05, 0) is 136 Å². The highest BCUT2D eigenvalue weighted by molar-refractivity contribution is 6.00. The van der Waals surface area contributed by atoms with Crippen LogP contribution in [0.4, 0.5) is 0 Å². The number of likely N-dealkylation sites (tertiary alicyclic amines) is 2. The lowest BCUT2D eigenvalue weighted by atomic mass is 9.85. The van der Waals surface area contributed by atoms with Crippen LogP contribution in [-0.4, -0.2) is 120 Å².